The quantitative estimate of drug-likeness (QED) is 0.602. The Bertz CT molecular complexity index is 363. The van der Waals surface area contributed by atoms with Gasteiger partial charge in [0.05, 0.1) is 13.2 Å². The fourth-order valence-corrected chi connectivity index (χ4v) is 1.84. The molecule has 0 bridgehead atoms. The fraction of sp³-hybridized carbons (Fsp3) is 0.538. The van der Waals surface area contributed by atoms with Crippen LogP contribution < -0.4 is 16.0 Å². The SMILES string of the molecule is COc1ccccc1C(NN)C(C)(C)N(C)C. The molecule has 1 aromatic rings. The van der Waals surface area contributed by atoms with Gasteiger partial charge in [-0.25, -0.2) is 0 Å². The molecule has 1 unspecified atom stereocenters. The number of likely N-dealkylation sites (N-methyl/N-ethyl adjacent to an activating group) is 1. The zero-order chi connectivity index (χ0) is 13.1. The van der Waals surface area contributed by atoms with Crippen LogP contribution in [0.15, 0.2) is 24.3 Å². The number of ether oxygens (including phenoxy) is 1. The van der Waals surface area contributed by atoms with E-state index in [1.54, 1.807) is 7.11 Å². The largest absolute Gasteiger partial charge is 0.496 e. The maximum absolute atomic E-state index is 5.72. The van der Waals surface area contributed by atoms with E-state index in [4.69, 9.17) is 10.6 Å². The van der Waals surface area contributed by atoms with E-state index in [0.717, 1.165) is 11.3 Å². The minimum absolute atomic E-state index is 0.00588. The summed E-state index contributed by atoms with van der Waals surface area (Å²) >= 11 is 0. The first-order chi connectivity index (χ1) is 7.95. The second kappa shape index (κ2) is 5.49. The molecule has 0 heterocycles. The fourth-order valence-electron chi connectivity index (χ4n) is 1.84. The molecule has 1 aromatic carbocycles. The molecule has 0 saturated carbocycles. The highest BCUT2D eigenvalue weighted by atomic mass is 16.5. The van der Waals surface area contributed by atoms with Crippen LogP contribution >= 0.6 is 0 Å². The summed E-state index contributed by atoms with van der Waals surface area (Å²) < 4.78 is 5.39. The molecule has 1 rings (SSSR count). The van der Waals surface area contributed by atoms with Crippen molar-refractivity contribution in [3.63, 3.8) is 0 Å². The average Bonchev–Trinajstić information content (AvgIpc) is 2.30. The lowest BCUT2D eigenvalue weighted by atomic mass is 9.87. The van der Waals surface area contributed by atoms with Crippen molar-refractivity contribution in [2.24, 2.45) is 5.84 Å². The minimum Gasteiger partial charge on any atom is -0.496 e. The highest BCUT2D eigenvalue weighted by Gasteiger charge is 2.33. The zero-order valence-electron chi connectivity index (χ0n) is 11.3. The number of nitrogens with two attached hydrogens (primary N) is 1. The molecular weight excluding hydrogens is 214 g/mol. The highest BCUT2D eigenvalue weighted by molar-refractivity contribution is 5.37. The molecule has 0 aliphatic carbocycles. The highest BCUT2D eigenvalue weighted by Crippen LogP contribution is 2.34. The molecule has 1 atom stereocenters. The predicted octanol–water partition coefficient (Wildman–Crippen LogP) is 1.54. The summed E-state index contributed by atoms with van der Waals surface area (Å²) in [7, 11) is 5.76. The number of nitrogens with zero attached hydrogens (tertiary/aromatic N) is 1. The standard InChI is InChI=1S/C13H23N3O/c1-13(2,16(3)4)12(15-14)10-8-6-7-9-11(10)17-5/h6-9,12,15H,14H2,1-5H3. The van der Waals surface area contributed by atoms with Gasteiger partial charge in [-0.15, -0.1) is 0 Å². The van der Waals surface area contributed by atoms with Crippen molar-refractivity contribution < 1.29 is 4.74 Å². The van der Waals surface area contributed by atoms with Crippen LogP contribution in [-0.2, 0) is 0 Å². The van der Waals surface area contributed by atoms with Crippen molar-refractivity contribution in [1.82, 2.24) is 10.3 Å². The van der Waals surface area contributed by atoms with Crippen molar-refractivity contribution in [1.29, 1.82) is 0 Å². The van der Waals surface area contributed by atoms with Crippen molar-refractivity contribution in [2.45, 2.75) is 25.4 Å². The van der Waals surface area contributed by atoms with Gasteiger partial charge in [0.1, 0.15) is 5.75 Å². The summed E-state index contributed by atoms with van der Waals surface area (Å²) in [5.74, 6) is 6.57. The zero-order valence-corrected chi connectivity index (χ0v) is 11.3. The number of nitrogens with one attached hydrogen (secondary N) is 1. The Morgan fingerprint density at radius 3 is 2.35 bits per heavy atom. The Morgan fingerprint density at radius 2 is 1.88 bits per heavy atom. The summed E-state index contributed by atoms with van der Waals surface area (Å²) in [6.45, 7) is 4.29. The Balaban J connectivity index is 3.18. The number of hydrazine groups is 1. The number of para-hydroxylation sites is 1. The molecule has 4 nitrogen and oxygen atoms in total. The first-order valence-electron chi connectivity index (χ1n) is 5.71. The Morgan fingerprint density at radius 1 is 1.29 bits per heavy atom. The lowest BCUT2D eigenvalue weighted by Gasteiger charge is -2.40. The molecule has 0 fully saturated rings. The van der Waals surface area contributed by atoms with E-state index in [0.29, 0.717) is 0 Å². The van der Waals surface area contributed by atoms with Crippen LogP contribution in [0, 0.1) is 0 Å². The van der Waals surface area contributed by atoms with Gasteiger partial charge in [-0.1, -0.05) is 18.2 Å². The van der Waals surface area contributed by atoms with E-state index < -0.39 is 0 Å². The maximum Gasteiger partial charge on any atom is 0.123 e. The smallest absolute Gasteiger partial charge is 0.123 e. The third-order valence-corrected chi connectivity index (χ3v) is 3.48. The number of rotatable bonds is 5. The van der Waals surface area contributed by atoms with Crippen LogP contribution in [0.3, 0.4) is 0 Å². The molecule has 0 radical (unpaired) electrons. The summed E-state index contributed by atoms with van der Waals surface area (Å²) in [5.41, 5.74) is 3.84. The van der Waals surface area contributed by atoms with Gasteiger partial charge in [-0.2, -0.15) is 0 Å². The molecule has 3 N–H and O–H groups in total. The van der Waals surface area contributed by atoms with E-state index in [2.05, 4.69) is 24.2 Å². The van der Waals surface area contributed by atoms with E-state index in [1.165, 1.54) is 0 Å². The van der Waals surface area contributed by atoms with Crippen molar-refractivity contribution in [3.05, 3.63) is 29.8 Å². The van der Waals surface area contributed by atoms with E-state index in [-0.39, 0.29) is 11.6 Å². The first kappa shape index (κ1) is 14.0. The maximum atomic E-state index is 5.72. The van der Waals surface area contributed by atoms with Gasteiger partial charge in [-0.05, 0) is 34.0 Å². The molecule has 0 aliphatic rings. The Labute approximate surface area is 104 Å². The Kier molecular flexibility index (Phi) is 4.51. The normalized spacial score (nSPS) is 13.8. The molecule has 17 heavy (non-hydrogen) atoms. The lowest BCUT2D eigenvalue weighted by Crippen LogP contribution is -2.51. The van der Waals surface area contributed by atoms with Gasteiger partial charge in [0.2, 0.25) is 0 Å². The van der Waals surface area contributed by atoms with Gasteiger partial charge in [0, 0.05) is 11.1 Å². The van der Waals surface area contributed by atoms with Crippen LogP contribution in [0.4, 0.5) is 0 Å². The number of hydrogen-bond donors (Lipinski definition) is 2. The third kappa shape index (κ3) is 2.77. The van der Waals surface area contributed by atoms with Gasteiger partial charge in [0.25, 0.3) is 0 Å². The number of benzene rings is 1. The van der Waals surface area contributed by atoms with Crippen LogP contribution in [0.5, 0.6) is 5.75 Å². The van der Waals surface area contributed by atoms with Crippen molar-refractivity contribution in [3.8, 4) is 5.75 Å². The van der Waals surface area contributed by atoms with Crippen molar-refractivity contribution >= 4 is 0 Å². The molecule has 0 amide bonds. The summed E-state index contributed by atoms with van der Waals surface area (Å²) in [6.07, 6.45) is 0. The van der Waals surface area contributed by atoms with Gasteiger partial charge >= 0.3 is 0 Å². The van der Waals surface area contributed by atoms with Crippen LogP contribution in [0.1, 0.15) is 25.5 Å². The second-order valence-electron chi connectivity index (χ2n) is 4.89. The topological polar surface area (TPSA) is 50.5 Å². The van der Waals surface area contributed by atoms with Gasteiger partial charge in [-0.3, -0.25) is 11.3 Å². The summed E-state index contributed by atoms with van der Waals surface area (Å²) in [6, 6.07) is 7.93. The van der Waals surface area contributed by atoms with E-state index in [1.807, 2.05) is 38.4 Å². The van der Waals surface area contributed by atoms with Crippen molar-refractivity contribution in [2.75, 3.05) is 21.2 Å². The van der Waals surface area contributed by atoms with Gasteiger partial charge < -0.3 is 9.64 Å². The molecule has 4 heteroatoms. The molecule has 0 saturated heterocycles. The van der Waals surface area contributed by atoms with Crippen LogP contribution in [0.25, 0.3) is 0 Å². The van der Waals surface area contributed by atoms with E-state index in [9.17, 15) is 0 Å². The summed E-state index contributed by atoms with van der Waals surface area (Å²) in [5, 5.41) is 0. The summed E-state index contributed by atoms with van der Waals surface area (Å²) in [4.78, 5) is 2.14. The Hall–Kier alpha value is -1.10. The minimum atomic E-state index is -0.122. The van der Waals surface area contributed by atoms with Crippen LogP contribution in [0.2, 0.25) is 0 Å². The molecule has 0 aromatic heterocycles. The molecule has 0 spiro atoms. The van der Waals surface area contributed by atoms with Crippen LogP contribution in [-0.4, -0.2) is 31.6 Å². The van der Waals surface area contributed by atoms with Gasteiger partial charge in [0.15, 0.2) is 0 Å². The third-order valence-electron chi connectivity index (χ3n) is 3.48. The number of hydrogen-bond acceptors (Lipinski definition) is 4. The average molecular weight is 237 g/mol. The predicted molar refractivity (Wildman–Crippen MR) is 70.8 cm³/mol. The molecule has 96 valence electrons. The first-order valence-corrected chi connectivity index (χ1v) is 5.71. The monoisotopic (exact) mass is 237 g/mol. The lowest BCUT2D eigenvalue weighted by molar-refractivity contribution is 0.136. The second-order valence-corrected chi connectivity index (χ2v) is 4.89. The number of methoxy groups -OCH3 is 1. The molecule has 0 aliphatic heterocycles. The van der Waals surface area contributed by atoms with E-state index >= 15 is 0 Å². The molecular formula is C13H23N3O.